The maximum atomic E-state index is 11.4. The fourth-order valence-electron chi connectivity index (χ4n) is 2.89. The summed E-state index contributed by atoms with van der Waals surface area (Å²) in [5.41, 5.74) is 0.301. The topological polar surface area (TPSA) is 41.1 Å². The second kappa shape index (κ2) is 4.52. The molecule has 0 aromatic carbocycles. The number of hydrogen-bond donors (Lipinski definition) is 2. The standard InChI is InChI=1S/C12H22N2O/c1-12(6-2-3-7-12)14-10-5-4-8-13-11(15)9-10/h10,14H,2-9H2,1H3,(H,13,15). The van der Waals surface area contributed by atoms with Crippen molar-refractivity contribution in [3.63, 3.8) is 0 Å². The number of hydrogen-bond acceptors (Lipinski definition) is 2. The number of carbonyl (C=O) groups excluding carboxylic acids is 1. The van der Waals surface area contributed by atoms with Crippen molar-refractivity contribution in [2.45, 2.75) is 63.5 Å². The summed E-state index contributed by atoms with van der Waals surface area (Å²) in [7, 11) is 0. The minimum atomic E-state index is 0.214. The molecule has 1 atom stereocenters. The van der Waals surface area contributed by atoms with Crippen LogP contribution in [0.25, 0.3) is 0 Å². The quantitative estimate of drug-likeness (QED) is 0.726. The van der Waals surface area contributed by atoms with Crippen molar-refractivity contribution in [1.29, 1.82) is 0 Å². The van der Waals surface area contributed by atoms with Crippen molar-refractivity contribution < 1.29 is 4.79 Å². The van der Waals surface area contributed by atoms with Crippen LogP contribution in [0.15, 0.2) is 0 Å². The first-order valence-corrected chi connectivity index (χ1v) is 6.22. The van der Waals surface area contributed by atoms with E-state index in [1.807, 2.05) is 0 Å². The van der Waals surface area contributed by atoms with Crippen LogP contribution < -0.4 is 10.6 Å². The average molecular weight is 210 g/mol. The Morgan fingerprint density at radius 2 is 2.07 bits per heavy atom. The molecule has 2 fully saturated rings. The molecule has 1 aliphatic carbocycles. The van der Waals surface area contributed by atoms with Gasteiger partial charge in [-0.25, -0.2) is 0 Å². The summed E-state index contributed by atoms with van der Waals surface area (Å²) < 4.78 is 0. The lowest BCUT2D eigenvalue weighted by Crippen LogP contribution is -2.47. The van der Waals surface area contributed by atoms with Gasteiger partial charge in [0.2, 0.25) is 5.91 Å². The van der Waals surface area contributed by atoms with Gasteiger partial charge in [-0.3, -0.25) is 4.79 Å². The highest BCUT2D eigenvalue weighted by Gasteiger charge is 2.31. The zero-order valence-corrected chi connectivity index (χ0v) is 9.64. The van der Waals surface area contributed by atoms with Crippen LogP contribution in [0, 0.1) is 0 Å². The Morgan fingerprint density at radius 1 is 1.33 bits per heavy atom. The van der Waals surface area contributed by atoms with Crippen molar-refractivity contribution in [3.05, 3.63) is 0 Å². The van der Waals surface area contributed by atoms with Crippen LogP contribution in [0.4, 0.5) is 0 Å². The molecule has 1 amide bonds. The predicted octanol–water partition coefficient (Wildman–Crippen LogP) is 1.58. The predicted molar refractivity (Wildman–Crippen MR) is 60.7 cm³/mol. The Balaban J connectivity index is 1.89. The molecule has 1 saturated carbocycles. The molecule has 0 aromatic heterocycles. The van der Waals surface area contributed by atoms with E-state index < -0.39 is 0 Å². The van der Waals surface area contributed by atoms with E-state index in [9.17, 15) is 4.79 Å². The minimum Gasteiger partial charge on any atom is -0.356 e. The lowest BCUT2D eigenvalue weighted by atomic mass is 9.97. The van der Waals surface area contributed by atoms with E-state index in [0.29, 0.717) is 18.0 Å². The first-order chi connectivity index (χ1) is 7.18. The van der Waals surface area contributed by atoms with Crippen molar-refractivity contribution in [2.24, 2.45) is 0 Å². The molecular weight excluding hydrogens is 188 g/mol. The van der Waals surface area contributed by atoms with Gasteiger partial charge in [0.05, 0.1) is 0 Å². The zero-order chi connectivity index (χ0) is 10.7. The van der Waals surface area contributed by atoms with Crippen molar-refractivity contribution in [3.8, 4) is 0 Å². The van der Waals surface area contributed by atoms with Gasteiger partial charge >= 0.3 is 0 Å². The molecule has 0 aromatic rings. The maximum absolute atomic E-state index is 11.4. The molecular formula is C12H22N2O. The fourth-order valence-corrected chi connectivity index (χ4v) is 2.89. The first kappa shape index (κ1) is 10.9. The molecule has 0 radical (unpaired) electrons. The number of carbonyl (C=O) groups is 1. The molecule has 0 bridgehead atoms. The maximum Gasteiger partial charge on any atom is 0.221 e. The van der Waals surface area contributed by atoms with E-state index in [-0.39, 0.29) is 5.91 Å². The first-order valence-electron chi connectivity index (χ1n) is 6.22. The molecule has 1 heterocycles. The van der Waals surface area contributed by atoms with Crippen LogP contribution in [0.1, 0.15) is 51.9 Å². The van der Waals surface area contributed by atoms with Gasteiger partial charge in [-0.15, -0.1) is 0 Å². The largest absolute Gasteiger partial charge is 0.356 e. The third kappa shape index (κ3) is 2.94. The average Bonchev–Trinajstić information content (AvgIpc) is 2.49. The Labute approximate surface area is 92.0 Å². The molecule has 86 valence electrons. The molecule has 3 heteroatoms. The SMILES string of the molecule is CC1(NC2CCCNC(=O)C2)CCCC1. The van der Waals surface area contributed by atoms with E-state index in [0.717, 1.165) is 19.4 Å². The third-order valence-corrected chi connectivity index (χ3v) is 3.74. The van der Waals surface area contributed by atoms with Crippen LogP contribution >= 0.6 is 0 Å². The summed E-state index contributed by atoms with van der Waals surface area (Å²) in [6, 6.07) is 0.399. The normalized spacial score (nSPS) is 31.0. The zero-order valence-electron chi connectivity index (χ0n) is 9.64. The Hall–Kier alpha value is -0.570. The molecule has 3 nitrogen and oxygen atoms in total. The monoisotopic (exact) mass is 210 g/mol. The van der Waals surface area contributed by atoms with Crippen LogP contribution in [0.2, 0.25) is 0 Å². The lowest BCUT2D eigenvalue weighted by molar-refractivity contribution is -0.121. The summed E-state index contributed by atoms with van der Waals surface area (Å²) in [5.74, 6) is 0.214. The van der Waals surface area contributed by atoms with E-state index in [4.69, 9.17) is 0 Å². The number of rotatable bonds is 2. The van der Waals surface area contributed by atoms with E-state index in [1.165, 1.54) is 25.7 Å². The molecule has 0 spiro atoms. The summed E-state index contributed by atoms with van der Waals surface area (Å²) in [6.07, 6.45) is 8.12. The van der Waals surface area contributed by atoms with Crippen LogP contribution in [0.5, 0.6) is 0 Å². The third-order valence-electron chi connectivity index (χ3n) is 3.74. The second-order valence-electron chi connectivity index (χ2n) is 5.31. The second-order valence-corrected chi connectivity index (χ2v) is 5.31. The molecule has 1 unspecified atom stereocenters. The van der Waals surface area contributed by atoms with Crippen molar-refractivity contribution >= 4 is 5.91 Å². The highest BCUT2D eigenvalue weighted by atomic mass is 16.1. The molecule has 2 rings (SSSR count). The van der Waals surface area contributed by atoms with Crippen LogP contribution in [-0.2, 0) is 4.79 Å². The van der Waals surface area contributed by atoms with E-state index in [2.05, 4.69) is 17.6 Å². The summed E-state index contributed by atoms with van der Waals surface area (Å²) in [5, 5.41) is 6.64. The van der Waals surface area contributed by atoms with Gasteiger partial charge in [0.25, 0.3) is 0 Å². The van der Waals surface area contributed by atoms with Gasteiger partial charge in [-0.1, -0.05) is 12.8 Å². The number of nitrogens with one attached hydrogen (secondary N) is 2. The lowest BCUT2D eigenvalue weighted by Gasteiger charge is -2.30. The van der Waals surface area contributed by atoms with Gasteiger partial charge in [0.1, 0.15) is 0 Å². The molecule has 1 saturated heterocycles. The van der Waals surface area contributed by atoms with Crippen LogP contribution in [0.3, 0.4) is 0 Å². The van der Waals surface area contributed by atoms with E-state index >= 15 is 0 Å². The summed E-state index contributed by atoms with van der Waals surface area (Å²) in [6.45, 7) is 3.16. The molecule has 2 N–H and O–H groups in total. The molecule has 2 aliphatic rings. The Bertz CT molecular complexity index is 234. The highest BCUT2D eigenvalue weighted by Crippen LogP contribution is 2.30. The molecule has 1 aliphatic heterocycles. The van der Waals surface area contributed by atoms with Gasteiger partial charge in [0.15, 0.2) is 0 Å². The highest BCUT2D eigenvalue weighted by molar-refractivity contribution is 5.76. The van der Waals surface area contributed by atoms with Crippen molar-refractivity contribution in [1.82, 2.24) is 10.6 Å². The van der Waals surface area contributed by atoms with Crippen LogP contribution in [-0.4, -0.2) is 24.0 Å². The van der Waals surface area contributed by atoms with Gasteiger partial charge in [0, 0.05) is 24.5 Å². The van der Waals surface area contributed by atoms with Gasteiger partial charge in [-0.05, 0) is 32.6 Å². The molecule has 15 heavy (non-hydrogen) atoms. The summed E-state index contributed by atoms with van der Waals surface area (Å²) in [4.78, 5) is 11.4. The number of amides is 1. The Kier molecular flexibility index (Phi) is 3.29. The van der Waals surface area contributed by atoms with Gasteiger partial charge < -0.3 is 10.6 Å². The van der Waals surface area contributed by atoms with Crippen molar-refractivity contribution in [2.75, 3.05) is 6.54 Å². The van der Waals surface area contributed by atoms with E-state index in [1.54, 1.807) is 0 Å². The smallest absolute Gasteiger partial charge is 0.221 e. The summed E-state index contributed by atoms with van der Waals surface area (Å²) >= 11 is 0. The Morgan fingerprint density at radius 3 is 2.80 bits per heavy atom. The minimum absolute atomic E-state index is 0.214. The fraction of sp³-hybridized carbons (Fsp3) is 0.917. The van der Waals surface area contributed by atoms with Gasteiger partial charge in [-0.2, -0.15) is 0 Å².